The second-order valence-corrected chi connectivity index (χ2v) is 4.73. The highest BCUT2D eigenvalue weighted by Gasteiger charge is 2.26. The molecule has 0 bridgehead atoms. The van der Waals surface area contributed by atoms with Crippen LogP contribution in [0.5, 0.6) is 5.75 Å². The van der Waals surface area contributed by atoms with E-state index in [2.05, 4.69) is 10.6 Å². The summed E-state index contributed by atoms with van der Waals surface area (Å²) < 4.78 is 29.0. The third-order valence-corrected chi connectivity index (χ3v) is 3.05. The van der Waals surface area contributed by atoms with Crippen LogP contribution in [0.4, 0.5) is 8.78 Å². The van der Waals surface area contributed by atoms with Crippen LogP contribution in [0.3, 0.4) is 0 Å². The van der Waals surface area contributed by atoms with Crippen LogP contribution in [-0.4, -0.2) is 30.9 Å². The van der Waals surface area contributed by atoms with Crippen molar-refractivity contribution >= 4 is 11.8 Å². The van der Waals surface area contributed by atoms with Crippen molar-refractivity contribution in [3.8, 4) is 5.75 Å². The molecule has 1 fully saturated rings. The van der Waals surface area contributed by atoms with E-state index < -0.39 is 19.1 Å². The lowest BCUT2D eigenvalue weighted by atomic mass is 10.2. The molecular formula is C14H16F2N2O3. The van der Waals surface area contributed by atoms with Crippen molar-refractivity contribution in [2.24, 2.45) is 0 Å². The van der Waals surface area contributed by atoms with Crippen LogP contribution in [0, 0.1) is 0 Å². The molecule has 0 radical (unpaired) electrons. The Hall–Kier alpha value is -2.18. The molecule has 2 N–H and O–H groups in total. The van der Waals surface area contributed by atoms with Crippen LogP contribution in [0.1, 0.15) is 18.4 Å². The highest BCUT2D eigenvalue weighted by molar-refractivity contribution is 5.90. The predicted octanol–water partition coefficient (Wildman–Crippen LogP) is 1.23. The summed E-state index contributed by atoms with van der Waals surface area (Å²) in [6.07, 6.45) is -1.68. The first kappa shape index (κ1) is 15.2. The first-order valence-corrected chi connectivity index (χ1v) is 6.61. The molecule has 1 atom stereocenters. The van der Waals surface area contributed by atoms with Gasteiger partial charge in [0.25, 0.3) is 6.43 Å². The van der Waals surface area contributed by atoms with Gasteiger partial charge in [-0.25, -0.2) is 8.78 Å². The smallest absolute Gasteiger partial charge is 0.272 e. The molecule has 5 nitrogen and oxygen atoms in total. The number of carbonyl (C=O) groups is 2. The fourth-order valence-electron chi connectivity index (χ4n) is 2.03. The molecule has 1 aromatic rings. The Bertz CT molecular complexity index is 523. The number of hydrogen-bond acceptors (Lipinski definition) is 3. The number of nitrogens with one attached hydrogen (secondary N) is 2. The minimum absolute atomic E-state index is 0.127. The van der Waals surface area contributed by atoms with E-state index in [4.69, 9.17) is 4.74 Å². The molecule has 1 aliphatic rings. The zero-order valence-electron chi connectivity index (χ0n) is 11.3. The summed E-state index contributed by atoms with van der Waals surface area (Å²) in [6, 6.07) is 6.10. The molecule has 0 spiro atoms. The molecule has 2 amide bonds. The minimum Gasteiger partial charge on any atom is -0.488 e. The molecule has 1 aromatic carbocycles. The Morgan fingerprint density at radius 3 is 2.95 bits per heavy atom. The molecule has 2 rings (SSSR count). The quantitative estimate of drug-likeness (QED) is 0.830. The summed E-state index contributed by atoms with van der Waals surface area (Å²) in [7, 11) is 0. The van der Waals surface area contributed by atoms with Gasteiger partial charge in [0.2, 0.25) is 11.8 Å². The van der Waals surface area contributed by atoms with Gasteiger partial charge in [-0.2, -0.15) is 0 Å². The van der Waals surface area contributed by atoms with E-state index in [-0.39, 0.29) is 18.4 Å². The van der Waals surface area contributed by atoms with Crippen LogP contribution < -0.4 is 15.4 Å². The summed E-state index contributed by atoms with van der Waals surface area (Å²) in [6.45, 7) is -0.416. The molecule has 21 heavy (non-hydrogen) atoms. The number of halogens is 2. The van der Waals surface area contributed by atoms with E-state index in [1.807, 2.05) is 0 Å². The Kier molecular flexibility index (Phi) is 5.08. The zero-order chi connectivity index (χ0) is 15.2. The molecule has 114 valence electrons. The van der Waals surface area contributed by atoms with Crippen molar-refractivity contribution in [3.05, 3.63) is 29.8 Å². The van der Waals surface area contributed by atoms with Crippen LogP contribution in [-0.2, 0) is 16.1 Å². The molecule has 0 aliphatic carbocycles. The molecule has 0 aromatic heterocycles. The maximum absolute atomic E-state index is 12.1. The van der Waals surface area contributed by atoms with Gasteiger partial charge in [-0.15, -0.1) is 0 Å². The van der Waals surface area contributed by atoms with Gasteiger partial charge in [0.15, 0.2) is 0 Å². The van der Waals surface area contributed by atoms with Crippen molar-refractivity contribution in [3.63, 3.8) is 0 Å². The second-order valence-electron chi connectivity index (χ2n) is 4.73. The first-order chi connectivity index (χ1) is 10.0. The number of hydrogen-bond donors (Lipinski definition) is 2. The lowest BCUT2D eigenvalue weighted by Gasteiger charge is -2.12. The molecule has 1 saturated heterocycles. The van der Waals surface area contributed by atoms with E-state index in [9.17, 15) is 18.4 Å². The van der Waals surface area contributed by atoms with E-state index in [0.717, 1.165) is 5.56 Å². The number of carbonyl (C=O) groups excluding carboxylic acids is 2. The van der Waals surface area contributed by atoms with Crippen molar-refractivity contribution in [2.75, 3.05) is 6.61 Å². The topological polar surface area (TPSA) is 67.4 Å². The molecule has 7 heteroatoms. The standard InChI is InChI=1S/C14H16F2N2O3/c15-12(16)8-21-10-3-1-2-9(6-10)7-17-14(20)11-4-5-13(19)18-11/h1-3,6,11-12H,4-5,7-8H2,(H,17,20)(H,18,19)/t11-/m0/s1. The summed E-state index contributed by atoms with van der Waals surface area (Å²) in [4.78, 5) is 22.8. The van der Waals surface area contributed by atoms with Gasteiger partial charge in [-0.1, -0.05) is 12.1 Å². The fourth-order valence-corrected chi connectivity index (χ4v) is 2.03. The van der Waals surface area contributed by atoms with Gasteiger partial charge in [-0.3, -0.25) is 9.59 Å². The molecule has 0 saturated carbocycles. The van der Waals surface area contributed by atoms with Crippen molar-refractivity contribution in [1.82, 2.24) is 10.6 Å². The summed E-state index contributed by atoms with van der Waals surface area (Å²) in [5.41, 5.74) is 0.736. The molecule has 1 heterocycles. The summed E-state index contributed by atoms with van der Waals surface area (Å²) in [5.74, 6) is -0.0477. The number of benzene rings is 1. The largest absolute Gasteiger partial charge is 0.488 e. The van der Waals surface area contributed by atoms with Gasteiger partial charge in [0.1, 0.15) is 18.4 Å². The predicted molar refractivity (Wildman–Crippen MR) is 71.0 cm³/mol. The van der Waals surface area contributed by atoms with Gasteiger partial charge >= 0.3 is 0 Å². The SMILES string of the molecule is O=C1CC[C@@H](C(=O)NCc2cccc(OCC(F)F)c2)N1. The van der Waals surface area contributed by atoms with Crippen LogP contribution in [0.15, 0.2) is 24.3 Å². The Balaban J connectivity index is 1.83. The van der Waals surface area contributed by atoms with Crippen molar-refractivity contribution in [2.45, 2.75) is 31.9 Å². The second kappa shape index (κ2) is 7.01. The summed E-state index contributed by atoms with van der Waals surface area (Å²) in [5, 5.41) is 5.27. The Morgan fingerprint density at radius 2 is 2.29 bits per heavy atom. The normalized spacial score (nSPS) is 17.7. The van der Waals surface area contributed by atoms with E-state index >= 15 is 0 Å². The lowest BCUT2D eigenvalue weighted by Crippen LogP contribution is -2.41. The molecule has 1 aliphatic heterocycles. The molecular weight excluding hydrogens is 282 g/mol. The molecule has 0 unspecified atom stereocenters. The lowest BCUT2D eigenvalue weighted by molar-refractivity contribution is -0.125. The van der Waals surface area contributed by atoms with E-state index in [0.29, 0.717) is 18.6 Å². The van der Waals surface area contributed by atoms with E-state index in [1.54, 1.807) is 24.3 Å². The highest BCUT2D eigenvalue weighted by atomic mass is 19.3. The van der Waals surface area contributed by atoms with Gasteiger partial charge in [-0.05, 0) is 24.1 Å². The zero-order valence-corrected chi connectivity index (χ0v) is 11.3. The maximum Gasteiger partial charge on any atom is 0.272 e. The number of alkyl halides is 2. The van der Waals surface area contributed by atoms with Gasteiger partial charge in [0, 0.05) is 13.0 Å². The summed E-state index contributed by atoms with van der Waals surface area (Å²) >= 11 is 0. The van der Waals surface area contributed by atoms with Crippen LogP contribution in [0.2, 0.25) is 0 Å². The van der Waals surface area contributed by atoms with Crippen LogP contribution in [0.25, 0.3) is 0 Å². The van der Waals surface area contributed by atoms with Crippen molar-refractivity contribution < 1.29 is 23.1 Å². The number of ether oxygens (including phenoxy) is 1. The number of rotatable bonds is 6. The van der Waals surface area contributed by atoms with Crippen LogP contribution >= 0.6 is 0 Å². The average molecular weight is 298 g/mol. The Labute approximate surface area is 120 Å². The Morgan fingerprint density at radius 1 is 1.48 bits per heavy atom. The van der Waals surface area contributed by atoms with Gasteiger partial charge < -0.3 is 15.4 Å². The maximum atomic E-state index is 12.1. The van der Waals surface area contributed by atoms with E-state index in [1.165, 1.54) is 0 Å². The minimum atomic E-state index is -2.53. The average Bonchev–Trinajstić information content (AvgIpc) is 2.90. The van der Waals surface area contributed by atoms with Gasteiger partial charge in [0.05, 0.1) is 0 Å². The third kappa shape index (κ3) is 4.70. The monoisotopic (exact) mass is 298 g/mol. The fraction of sp³-hybridized carbons (Fsp3) is 0.429. The van der Waals surface area contributed by atoms with Crippen molar-refractivity contribution in [1.29, 1.82) is 0 Å². The highest BCUT2D eigenvalue weighted by Crippen LogP contribution is 2.14. The number of amides is 2. The first-order valence-electron chi connectivity index (χ1n) is 6.61. The third-order valence-electron chi connectivity index (χ3n) is 3.05.